The Morgan fingerprint density at radius 3 is 2.71 bits per heavy atom. The van der Waals surface area contributed by atoms with Crippen LogP contribution in [0.3, 0.4) is 0 Å². The van der Waals surface area contributed by atoms with E-state index < -0.39 is 0 Å². The highest BCUT2D eigenvalue weighted by Gasteiger charge is 2.03. The van der Waals surface area contributed by atoms with E-state index >= 15 is 0 Å². The molecule has 2 rings (SSSR count). The first-order chi connectivity index (χ1) is 8.33. The molecule has 17 heavy (non-hydrogen) atoms. The van der Waals surface area contributed by atoms with Crippen LogP contribution >= 0.6 is 0 Å². The van der Waals surface area contributed by atoms with Crippen molar-refractivity contribution in [2.45, 2.75) is 6.92 Å². The first-order valence-corrected chi connectivity index (χ1v) is 5.40. The molecular formula is C12H14N4O. The Kier molecular flexibility index (Phi) is 3.49. The summed E-state index contributed by atoms with van der Waals surface area (Å²) in [5.74, 6) is 1.53. The van der Waals surface area contributed by atoms with Crippen molar-refractivity contribution in [2.75, 3.05) is 19.0 Å². The molecule has 0 saturated heterocycles. The first-order valence-electron chi connectivity index (χ1n) is 5.40. The van der Waals surface area contributed by atoms with Gasteiger partial charge in [0.05, 0.1) is 24.7 Å². The molecule has 0 unspecified atom stereocenters. The van der Waals surface area contributed by atoms with Crippen LogP contribution in [0.4, 0.5) is 5.82 Å². The smallest absolute Gasteiger partial charge is 0.137 e. The van der Waals surface area contributed by atoms with Crippen LogP contribution in [0.1, 0.15) is 6.92 Å². The number of aromatic nitrogens is 3. The lowest BCUT2D eigenvalue weighted by Gasteiger charge is -2.04. The average molecular weight is 230 g/mol. The minimum absolute atomic E-state index is 0.731. The molecule has 1 N–H and O–H groups in total. The second-order valence-corrected chi connectivity index (χ2v) is 3.40. The Labute approximate surface area is 99.9 Å². The fraction of sp³-hybridized carbons (Fsp3) is 0.250. The number of hydrogen-bond acceptors (Lipinski definition) is 5. The predicted octanol–water partition coefficient (Wildman–Crippen LogP) is 1.98. The number of nitrogens with zero attached hydrogens (tertiary/aromatic N) is 3. The van der Waals surface area contributed by atoms with E-state index in [0.717, 1.165) is 29.5 Å². The van der Waals surface area contributed by atoms with Crippen LogP contribution in [-0.4, -0.2) is 28.6 Å². The van der Waals surface area contributed by atoms with E-state index in [-0.39, 0.29) is 0 Å². The molecule has 0 atom stereocenters. The molecule has 0 bridgehead atoms. The molecule has 0 amide bonds. The third kappa shape index (κ3) is 2.69. The highest BCUT2D eigenvalue weighted by molar-refractivity contribution is 5.58. The van der Waals surface area contributed by atoms with Crippen molar-refractivity contribution in [1.82, 2.24) is 15.0 Å². The zero-order chi connectivity index (χ0) is 12.1. The van der Waals surface area contributed by atoms with Crippen LogP contribution in [0.15, 0.2) is 30.7 Å². The number of nitrogens with one attached hydrogen (secondary N) is 1. The van der Waals surface area contributed by atoms with Crippen LogP contribution in [0, 0.1) is 0 Å². The lowest BCUT2D eigenvalue weighted by atomic mass is 10.2. The van der Waals surface area contributed by atoms with Gasteiger partial charge in [-0.2, -0.15) is 0 Å². The number of ether oxygens (including phenoxy) is 1. The summed E-state index contributed by atoms with van der Waals surface area (Å²) in [6.45, 7) is 2.85. The van der Waals surface area contributed by atoms with Crippen LogP contribution in [0.25, 0.3) is 11.4 Å². The first kappa shape index (κ1) is 11.3. The minimum Gasteiger partial charge on any atom is -0.495 e. The minimum atomic E-state index is 0.731. The maximum Gasteiger partial charge on any atom is 0.137 e. The lowest BCUT2D eigenvalue weighted by molar-refractivity contribution is 0.413. The Balaban J connectivity index is 2.28. The Bertz CT molecular complexity index is 484. The fourth-order valence-corrected chi connectivity index (χ4v) is 1.43. The van der Waals surface area contributed by atoms with Crippen molar-refractivity contribution < 1.29 is 4.74 Å². The van der Waals surface area contributed by atoms with Crippen molar-refractivity contribution in [1.29, 1.82) is 0 Å². The van der Waals surface area contributed by atoms with Gasteiger partial charge >= 0.3 is 0 Å². The van der Waals surface area contributed by atoms with E-state index in [4.69, 9.17) is 4.74 Å². The van der Waals surface area contributed by atoms with E-state index in [0.29, 0.717) is 0 Å². The molecule has 2 heterocycles. The molecule has 0 spiro atoms. The molecule has 5 heteroatoms. The van der Waals surface area contributed by atoms with Gasteiger partial charge in [0.25, 0.3) is 0 Å². The Morgan fingerprint density at radius 1 is 1.18 bits per heavy atom. The summed E-state index contributed by atoms with van der Waals surface area (Å²) >= 11 is 0. The normalized spacial score (nSPS) is 10.0. The number of hydrogen-bond donors (Lipinski definition) is 1. The van der Waals surface area contributed by atoms with Gasteiger partial charge < -0.3 is 10.1 Å². The molecule has 0 aliphatic heterocycles. The highest BCUT2D eigenvalue weighted by atomic mass is 16.5. The molecule has 0 aliphatic rings. The molecular weight excluding hydrogens is 216 g/mol. The van der Waals surface area contributed by atoms with Crippen LogP contribution in [-0.2, 0) is 0 Å². The lowest BCUT2D eigenvalue weighted by Crippen LogP contribution is -2.00. The van der Waals surface area contributed by atoms with Crippen molar-refractivity contribution in [3.63, 3.8) is 0 Å². The maximum absolute atomic E-state index is 5.06. The van der Waals surface area contributed by atoms with Gasteiger partial charge in [0.1, 0.15) is 17.9 Å². The summed E-state index contributed by atoms with van der Waals surface area (Å²) in [6.07, 6.45) is 3.20. The van der Waals surface area contributed by atoms with Crippen LogP contribution in [0.5, 0.6) is 5.75 Å². The van der Waals surface area contributed by atoms with E-state index in [2.05, 4.69) is 20.3 Å². The topological polar surface area (TPSA) is 59.9 Å². The maximum atomic E-state index is 5.06. The van der Waals surface area contributed by atoms with E-state index in [9.17, 15) is 0 Å². The zero-order valence-corrected chi connectivity index (χ0v) is 9.84. The highest BCUT2D eigenvalue weighted by Crippen LogP contribution is 2.18. The van der Waals surface area contributed by atoms with E-state index in [1.165, 1.54) is 6.33 Å². The second-order valence-electron chi connectivity index (χ2n) is 3.40. The van der Waals surface area contributed by atoms with Gasteiger partial charge in [-0.05, 0) is 19.1 Å². The van der Waals surface area contributed by atoms with E-state index in [1.54, 1.807) is 13.3 Å². The standard InChI is InChI=1S/C12H14N4O/c1-3-13-12-6-11(15-8-16-12)10-5-4-9(17-2)7-14-10/h4-8H,3H2,1-2H3,(H,13,15,16). The summed E-state index contributed by atoms with van der Waals surface area (Å²) in [7, 11) is 1.62. The van der Waals surface area contributed by atoms with Gasteiger partial charge in [-0.25, -0.2) is 9.97 Å². The molecule has 88 valence electrons. The molecule has 0 aliphatic carbocycles. The largest absolute Gasteiger partial charge is 0.495 e. The molecule has 0 fully saturated rings. The molecule has 0 saturated carbocycles. The molecule has 5 nitrogen and oxygen atoms in total. The zero-order valence-electron chi connectivity index (χ0n) is 9.84. The second kappa shape index (κ2) is 5.25. The van der Waals surface area contributed by atoms with Crippen molar-refractivity contribution in [2.24, 2.45) is 0 Å². The molecule has 0 radical (unpaired) electrons. The van der Waals surface area contributed by atoms with E-state index in [1.807, 2.05) is 25.1 Å². The van der Waals surface area contributed by atoms with Crippen LogP contribution < -0.4 is 10.1 Å². The Hall–Kier alpha value is -2.17. The van der Waals surface area contributed by atoms with Gasteiger partial charge in [0.15, 0.2) is 0 Å². The third-order valence-corrected chi connectivity index (χ3v) is 2.26. The van der Waals surface area contributed by atoms with Gasteiger partial charge in [0.2, 0.25) is 0 Å². The number of methoxy groups -OCH3 is 1. The van der Waals surface area contributed by atoms with Gasteiger partial charge in [-0.3, -0.25) is 4.98 Å². The van der Waals surface area contributed by atoms with Crippen LogP contribution in [0.2, 0.25) is 0 Å². The summed E-state index contributed by atoms with van der Waals surface area (Å²) in [6, 6.07) is 5.60. The number of rotatable bonds is 4. The molecule has 0 aromatic carbocycles. The molecule has 2 aromatic heterocycles. The van der Waals surface area contributed by atoms with Gasteiger partial charge in [0, 0.05) is 12.6 Å². The Morgan fingerprint density at radius 2 is 2.06 bits per heavy atom. The van der Waals surface area contributed by atoms with Crippen molar-refractivity contribution >= 4 is 5.82 Å². The number of pyridine rings is 1. The summed E-state index contributed by atoms with van der Waals surface area (Å²) < 4.78 is 5.06. The predicted molar refractivity (Wildman–Crippen MR) is 66.0 cm³/mol. The van der Waals surface area contributed by atoms with Gasteiger partial charge in [-0.1, -0.05) is 0 Å². The fourth-order valence-electron chi connectivity index (χ4n) is 1.43. The summed E-state index contributed by atoms with van der Waals surface area (Å²) in [5.41, 5.74) is 1.59. The monoisotopic (exact) mass is 230 g/mol. The number of anilines is 1. The van der Waals surface area contributed by atoms with Gasteiger partial charge in [-0.15, -0.1) is 0 Å². The average Bonchev–Trinajstić information content (AvgIpc) is 2.40. The summed E-state index contributed by atoms with van der Waals surface area (Å²) in [4.78, 5) is 12.6. The third-order valence-electron chi connectivity index (χ3n) is 2.26. The molecule has 2 aromatic rings. The summed E-state index contributed by atoms with van der Waals surface area (Å²) in [5, 5.41) is 3.14. The quantitative estimate of drug-likeness (QED) is 0.870. The van der Waals surface area contributed by atoms with Crippen molar-refractivity contribution in [3.8, 4) is 17.1 Å². The SMILES string of the molecule is CCNc1cc(-c2ccc(OC)cn2)ncn1. The van der Waals surface area contributed by atoms with Crippen molar-refractivity contribution in [3.05, 3.63) is 30.7 Å².